The number of halogens is 1. The lowest BCUT2D eigenvalue weighted by molar-refractivity contribution is 0.0962. The number of aromatic nitrogens is 1. The predicted octanol–water partition coefficient (Wildman–Crippen LogP) is 4.38. The standard InChI is InChI=1S/C25H26FN3O3/c1-4-17-7-10-23(22(26)13-17)32-25-21(16-30)20(11-12-28-25)15-29(3)14-18-5-8-19(9-6-18)24(31)27-2/h5-13,16H,4,14-15H2,1-3H3,(H,27,31). The van der Waals surface area contributed by atoms with Crippen LogP contribution in [0.5, 0.6) is 11.6 Å². The molecule has 0 aliphatic heterocycles. The minimum Gasteiger partial charge on any atom is -0.435 e. The molecule has 0 fully saturated rings. The van der Waals surface area contributed by atoms with Crippen LogP contribution in [0.3, 0.4) is 0 Å². The number of hydrogen-bond acceptors (Lipinski definition) is 5. The van der Waals surface area contributed by atoms with Crippen LogP contribution in [-0.2, 0) is 19.5 Å². The third kappa shape index (κ3) is 5.56. The van der Waals surface area contributed by atoms with Gasteiger partial charge in [-0.15, -0.1) is 0 Å². The van der Waals surface area contributed by atoms with E-state index in [2.05, 4.69) is 10.3 Å². The number of rotatable bonds is 9. The van der Waals surface area contributed by atoms with Crippen molar-refractivity contribution in [3.8, 4) is 11.6 Å². The van der Waals surface area contributed by atoms with Gasteiger partial charge in [-0.3, -0.25) is 14.5 Å². The van der Waals surface area contributed by atoms with Crippen LogP contribution in [0, 0.1) is 5.82 Å². The van der Waals surface area contributed by atoms with Gasteiger partial charge < -0.3 is 10.1 Å². The Bertz CT molecular complexity index is 1100. The van der Waals surface area contributed by atoms with Crippen LogP contribution in [0.1, 0.15) is 44.3 Å². The first-order valence-corrected chi connectivity index (χ1v) is 10.3. The molecule has 3 rings (SSSR count). The number of benzene rings is 2. The summed E-state index contributed by atoms with van der Waals surface area (Å²) >= 11 is 0. The molecule has 3 aromatic rings. The minimum atomic E-state index is -0.495. The number of ether oxygens (including phenoxy) is 1. The Hall–Kier alpha value is -3.58. The van der Waals surface area contributed by atoms with E-state index in [4.69, 9.17) is 4.74 Å². The quantitative estimate of drug-likeness (QED) is 0.505. The van der Waals surface area contributed by atoms with Crippen molar-refractivity contribution >= 4 is 12.2 Å². The van der Waals surface area contributed by atoms with Crippen LogP contribution >= 0.6 is 0 Å². The Morgan fingerprint density at radius 1 is 1.12 bits per heavy atom. The number of carbonyl (C=O) groups excluding carboxylic acids is 2. The van der Waals surface area contributed by atoms with Gasteiger partial charge in [0.15, 0.2) is 17.9 Å². The molecule has 0 saturated heterocycles. The molecule has 0 spiro atoms. The van der Waals surface area contributed by atoms with Crippen LogP contribution in [-0.4, -0.2) is 36.2 Å². The molecule has 0 bridgehead atoms. The molecule has 0 aliphatic carbocycles. The Kier molecular flexibility index (Phi) is 7.68. The SMILES string of the molecule is CCc1ccc(Oc2nccc(CN(C)Cc3ccc(C(=O)NC)cc3)c2C=O)c(F)c1. The molecule has 32 heavy (non-hydrogen) atoms. The van der Waals surface area contributed by atoms with Crippen molar-refractivity contribution in [2.75, 3.05) is 14.1 Å². The monoisotopic (exact) mass is 435 g/mol. The van der Waals surface area contributed by atoms with Crippen molar-refractivity contribution in [3.63, 3.8) is 0 Å². The van der Waals surface area contributed by atoms with E-state index < -0.39 is 5.82 Å². The fraction of sp³-hybridized carbons (Fsp3) is 0.240. The number of pyridine rings is 1. The maximum absolute atomic E-state index is 14.3. The Morgan fingerprint density at radius 2 is 1.84 bits per heavy atom. The van der Waals surface area contributed by atoms with Crippen LogP contribution in [0.15, 0.2) is 54.7 Å². The molecule has 1 aromatic heterocycles. The van der Waals surface area contributed by atoms with E-state index in [9.17, 15) is 14.0 Å². The molecule has 166 valence electrons. The van der Waals surface area contributed by atoms with Crippen molar-refractivity contribution in [1.82, 2.24) is 15.2 Å². The summed E-state index contributed by atoms with van der Waals surface area (Å²) in [6.45, 7) is 3.01. The van der Waals surface area contributed by atoms with E-state index in [-0.39, 0.29) is 23.1 Å². The highest BCUT2D eigenvalue weighted by molar-refractivity contribution is 5.93. The highest BCUT2D eigenvalue weighted by Gasteiger charge is 2.15. The molecule has 0 radical (unpaired) electrons. The lowest BCUT2D eigenvalue weighted by atomic mass is 10.1. The van der Waals surface area contributed by atoms with Crippen LogP contribution in [0.2, 0.25) is 0 Å². The molecule has 1 N–H and O–H groups in total. The van der Waals surface area contributed by atoms with E-state index in [1.54, 1.807) is 43.6 Å². The highest BCUT2D eigenvalue weighted by atomic mass is 19.1. The minimum absolute atomic E-state index is 0.0273. The van der Waals surface area contributed by atoms with E-state index in [0.29, 0.717) is 31.4 Å². The maximum atomic E-state index is 14.3. The van der Waals surface area contributed by atoms with E-state index in [1.807, 2.05) is 31.0 Å². The van der Waals surface area contributed by atoms with Gasteiger partial charge in [0.25, 0.3) is 5.91 Å². The number of aryl methyl sites for hydroxylation is 1. The third-order valence-corrected chi connectivity index (χ3v) is 5.11. The van der Waals surface area contributed by atoms with Crippen LogP contribution < -0.4 is 10.1 Å². The molecule has 0 saturated carbocycles. The average molecular weight is 435 g/mol. The summed E-state index contributed by atoms with van der Waals surface area (Å²) in [7, 11) is 3.52. The van der Waals surface area contributed by atoms with Gasteiger partial charge >= 0.3 is 0 Å². The van der Waals surface area contributed by atoms with Gasteiger partial charge in [0.2, 0.25) is 5.88 Å². The first-order chi connectivity index (χ1) is 15.4. The number of hydrogen-bond donors (Lipinski definition) is 1. The van der Waals surface area contributed by atoms with E-state index in [1.165, 1.54) is 6.07 Å². The van der Waals surface area contributed by atoms with Crippen molar-refractivity contribution in [1.29, 1.82) is 0 Å². The molecule has 2 aromatic carbocycles. The second-order valence-corrected chi connectivity index (χ2v) is 7.48. The number of nitrogens with zero attached hydrogens (tertiary/aromatic N) is 2. The summed E-state index contributed by atoms with van der Waals surface area (Å²) in [6.07, 6.45) is 2.94. The van der Waals surface area contributed by atoms with Crippen molar-refractivity contribution in [2.24, 2.45) is 0 Å². The molecule has 7 heteroatoms. The predicted molar refractivity (Wildman–Crippen MR) is 120 cm³/mol. The summed E-state index contributed by atoms with van der Waals surface area (Å²) in [4.78, 5) is 29.7. The lowest BCUT2D eigenvalue weighted by Gasteiger charge is -2.19. The Balaban J connectivity index is 1.74. The summed E-state index contributed by atoms with van der Waals surface area (Å²) in [5.74, 6) is -0.528. The van der Waals surface area contributed by atoms with Gasteiger partial charge in [0.1, 0.15) is 0 Å². The smallest absolute Gasteiger partial charge is 0.251 e. The molecule has 0 unspecified atom stereocenters. The number of amides is 1. The van der Waals surface area contributed by atoms with Crippen molar-refractivity contribution < 1.29 is 18.7 Å². The Labute approximate surface area is 187 Å². The molecule has 6 nitrogen and oxygen atoms in total. The van der Waals surface area contributed by atoms with E-state index in [0.717, 1.165) is 16.7 Å². The molecular formula is C25H26FN3O3. The van der Waals surface area contributed by atoms with Gasteiger partial charge in [0, 0.05) is 31.9 Å². The number of nitrogens with one attached hydrogen (secondary N) is 1. The first kappa shape index (κ1) is 23.1. The zero-order chi connectivity index (χ0) is 23.1. The van der Waals surface area contributed by atoms with Gasteiger partial charge in [-0.05, 0) is 60.5 Å². The van der Waals surface area contributed by atoms with Crippen molar-refractivity contribution in [2.45, 2.75) is 26.4 Å². The van der Waals surface area contributed by atoms with Gasteiger partial charge in [0.05, 0.1) is 5.56 Å². The molecule has 0 aliphatic rings. The summed E-state index contributed by atoms with van der Waals surface area (Å²) in [5, 5.41) is 2.59. The summed E-state index contributed by atoms with van der Waals surface area (Å²) < 4.78 is 20.0. The number of carbonyl (C=O) groups is 2. The summed E-state index contributed by atoms with van der Waals surface area (Å²) in [6, 6.07) is 13.8. The molecular weight excluding hydrogens is 409 g/mol. The third-order valence-electron chi connectivity index (χ3n) is 5.11. The first-order valence-electron chi connectivity index (χ1n) is 10.3. The average Bonchev–Trinajstić information content (AvgIpc) is 2.80. The zero-order valence-corrected chi connectivity index (χ0v) is 18.4. The normalized spacial score (nSPS) is 10.8. The van der Waals surface area contributed by atoms with Gasteiger partial charge in [-0.2, -0.15) is 0 Å². The lowest BCUT2D eigenvalue weighted by Crippen LogP contribution is -2.19. The van der Waals surface area contributed by atoms with Crippen molar-refractivity contribution in [3.05, 3.63) is 88.4 Å². The summed E-state index contributed by atoms with van der Waals surface area (Å²) in [5.41, 5.74) is 3.49. The molecule has 1 heterocycles. The molecule has 1 amide bonds. The van der Waals surface area contributed by atoms with Crippen LogP contribution in [0.4, 0.5) is 4.39 Å². The Morgan fingerprint density at radius 3 is 2.47 bits per heavy atom. The van der Waals surface area contributed by atoms with Crippen LogP contribution in [0.25, 0.3) is 0 Å². The van der Waals surface area contributed by atoms with Gasteiger partial charge in [-0.1, -0.05) is 25.1 Å². The largest absolute Gasteiger partial charge is 0.435 e. The topological polar surface area (TPSA) is 71.5 Å². The maximum Gasteiger partial charge on any atom is 0.251 e. The fourth-order valence-electron chi connectivity index (χ4n) is 3.35. The highest BCUT2D eigenvalue weighted by Crippen LogP contribution is 2.28. The zero-order valence-electron chi connectivity index (χ0n) is 18.4. The fourth-order valence-corrected chi connectivity index (χ4v) is 3.35. The van der Waals surface area contributed by atoms with Gasteiger partial charge in [-0.25, -0.2) is 9.37 Å². The molecule has 0 atom stereocenters. The second kappa shape index (κ2) is 10.6. The van der Waals surface area contributed by atoms with E-state index >= 15 is 0 Å². The second-order valence-electron chi connectivity index (χ2n) is 7.48. The number of aldehydes is 1.